The van der Waals surface area contributed by atoms with Crippen molar-refractivity contribution in [2.45, 2.75) is 18.6 Å². The quantitative estimate of drug-likeness (QED) is 0.829. The van der Waals surface area contributed by atoms with Crippen LogP contribution in [0.25, 0.3) is 6.08 Å². The highest BCUT2D eigenvalue weighted by Gasteiger charge is 2.37. The third-order valence-corrected chi connectivity index (χ3v) is 4.03. The lowest BCUT2D eigenvalue weighted by Gasteiger charge is -2.19. The van der Waals surface area contributed by atoms with Gasteiger partial charge in [-0.05, 0) is 18.2 Å². The number of halogens is 1. The molecule has 19 heavy (non-hydrogen) atoms. The van der Waals surface area contributed by atoms with E-state index >= 15 is 0 Å². The van der Waals surface area contributed by atoms with E-state index in [4.69, 9.17) is 16.7 Å². The van der Waals surface area contributed by atoms with Crippen LogP contribution in [-0.2, 0) is 9.59 Å². The summed E-state index contributed by atoms with van der Waals surface area (Å²) >= 11 is 7.09. The minimum atomic E-state index is -1.10. The highest BCUT2D eigenvalue weighted by Crippen LogP contribution is 2.23. The Kier molecular flexibility index (Phi) is 4.24. The average molecular weight is 302 g/mol. The predicted octanol–water partition coefficient (Wildman–Crippen LogP) is 1.46. The molecule has 0 bridgehead atoms. The number of thiophene rings is 1. The van der Waals surface area contributed by atoms with E-state index in [1.54, 1.807) is 18.2 Å². The van der Waals surface area contributed by atoms with Crippen molar-refractivity contribution in [2.24, 2.45) is 0 Å². The zero-order valence-electron chi connectivity index (χ0n) is 9.82. The molecule has 1 aromatic heterocycles. The van der Waals surface area contributed by atoms with Crippen LogP contribution in [0.3, 0.4) is 0 Å². The highest BCUT2D eigenvalue weighted by molar-refractivity contribution is 7.17. The molecule has 1 amide bonds. The molecular formula is C12H12ClNO4S. The Bertz CT molecular complexity index is 528. The highest BCUT2D eigenvalue weighted by atomic mass is 35.5. The summed E-state index contributed by atoms with van der Waals surface area (Å²) in [5.74, 6) is -1.52. The number of carboxylic acid groups (broad SMARTS) is 1. The van der Waals surface area contributed by atoms with Crippen molar-refractivity contribution in [3.63, 3.8) is 0 Å². The topological polar surface area (TPSA) is 77.8 Å². The van der Waals surface area contributed by atoms with Gasteiger partial charge in [0.05, 0.1) is 10.4 Å². The summed E-state index contributed by atoms with van der Waals surface area (Å²) in [4.78, 5) is 24.9. The summed E-state index contributed by atoms with van der Waals surface area (Å²) in [6.07, 6.45) is 2.17. The Balaban J connectivity index is 2.06. The van der Waals surface area contributed by atoms with Crippen LogP contribution in [0.2, 0.25) is 4.34 Å². The summed E-state index contributed by atoms with van der Waals surface area (Å²) in [7, 11) is 0. The second kappa shape index (κ2) is 5.73. The molecule has 2 atom stereocenters. The fourth-order valence-electron chi connectivity index (χ4n) is 1.96. The van der Waals surface area contributed by atoms with Crippen LogP contribution in [0.5, 0.6) is 0 Å². The van der Waals surface area contributed by atoms with Gasteiger partial charge >= 0.3 is 5.97 Å². The van der Waals surface area contributed by atoms with Gasteiger partial charge in [0.2, 0.25) is 5.91 Å². The van der Waals surface area contributed by atoms with E-state index in [1.807, 2.05) is 0 Å². The maximum Gasteiger partial charge on any atom is 0.326 e. The molecule has 1 saturated heterocycles. The second-order valence-electron chi connectivity index (χ2n) is 4.21. The first kappa shape index (κ1) is 14.0. The average Bonchev–Trinajstić information content (AvgIpc) is 2.92. The summed E-state index contributed by atoms with van der Waals surface area (Å²) in [6, 6.07) is 2.53. The number of aliphatic hydroxyl groups is 1. The maximum absolute atomic E-state index is 11.9. The molecule has 1 aromatic rings. The predicted molar refractivity (Wildman–Crippen MR) is 72.1 cm³/mol. The molecule has 0 radical (unpaired) electrons. The molecule has 0 aliphatic carbocycles. The fraction of sp³-hybridized carbons (Fsp3) is 0.333. The second-order valence-corrected chi connectivity index (χ2v) is 5.96. The zero-order valence-corrected chi connectivity index (χ0v) is 11.4. The van der Waals surface area contributed by atoms with Crippen molar-refractivity contribution in [3.8, 4) is 0 Å². The number of aliphatic hydroxyl groups excluding tert-OH is 1. The van der Waals surface area contributed by atoms with E-state index in [9.17, 15) is 14.7 Å². The fourth-order valence-corrected chi connectivity index (χ4v) is 2.92. The van der Waals surface area contributed by atoms with Crippen molar-refractivity contribution in [3.05, 3.63) is 27.4 Å². The Labute approximate surface area is 118 Å². The van der Waals surface area contributed by atoms with Crippen LogP contribution in [0, 0.1) is 0 Å². The van der Waals surface area contributed by atoms with Crippen LogP contribution >= 0.6 is 22.9 Å². The van der Waals surface area contributed by atoms with Crippen LogP contribution in [0.1, 0.15) is 11.3 Å². The minimum Gasteiger partial charge on any atom is -0.480 e. The van der Waals surface area contributed by atoms with Crippen molar-refractivity contribution >= 4 is 40.9 Å². The third kappa shape index (κ3) is 3.34. The lowest BCUT2D eigenvalue weighted by atomic mass is 10.2. The lowest BCUT2D eigenvalue weighted by Crippen LogP contribution is -2.39. The standard InChI is InChI=1S/C12H12ClNO4S/c13-10-3-1-8(19-10)2-4-11(16)14-6-7(15)5-9(14)12(17)18/h1-4,7,9,15H,5-6H2,(H,17,18)/b4-2+/t7?,9-/m0/s1. The number of hydrogen-bond acceptors (Lipinski definition) is 4. The van der Waals surface area contributed by atoms with Crippen LogP contribution < -0.4 is 0 Å². The summed E-state index contributed by atoms with van der Waals surface area (Å²) in [5, 5.41) is 18.5. The van der Waals surface area contributed by atoms with Crippen LogP contribution in [0.4, 0.5) is 0 Å². The van der Waals surface area contributed by atoms with Gasteiger partial charge in [-0.1, -0.05) is 11.6 Å². The molecule has 1 aliphatic heterocycles. The van der Waals surface area contributed by atoms with Gasteiger partial charge < -0.3 is 15.1 Å². The zero-order chi connectivity index (χ0) is 14.0. The molecule has 1 unspecified atom stereocenters. The van der Waals surface area contributed by atoms with Crippen molar-refractivity contribution < 1.29 is 19.8 Å². The smallest absolute Gasteiger partial charge is 0.326 e. The van der Waals surface area contributed by atoms with Gasteiger partial charge in [-0.2, -0.15) is 0 Å². The molecule has 1 aliphatic rings. The number of nitrogens with zero attached hydrogens (tertiary/aromatic N) is 1. The van der Waals surface area contributed by atoms with E-state index in [-0.39, 0.29) is 13.0 Å². The van der Waals surface area contributed by atoms with Gasteiger partial charge in [0.25, 0.3) is 0 Å². The van der Waals surface area contributed by atoms with Crippen LogP contribution in [0.15, 0.2) is 18.2 Å². The van der Waals surface area contributed by atoms with Gasteiger partial charge in [-0.3, -0.25) is 4.79 Å². The number of carbonyl (C=O) groups excluding carboxylic acids is 1. The van der Waals surface area contributed by atoms with Crippen LogP contribution in [-0.4, -0.2) is 45.7 Å². The van der Waals surface area contributed by atoms with Crippen molar-refractivity contribution in [1.82, 2.24) is 4.90 Å². The molecular weight excluding hydrogens is 290 g/mol. The Morgan fingerprint density at radius 2 is 2.21 bits per heavy atom. The molecule has 1 fully saturated rings. The molecule has 0 aromatic carbocycles. The van der Waals surface area contributed by atoms with E-state index in [2.05, 4.69) is 0 Å². The maximum atomic E-state index is 11.9. The van der Waals surface area contributed by atoms with Gasteiger partial charge in [0.1, 0.15) is 6.04 Å². The number of carboxylic acids is 1. The van der Waals surface area contributed by atoms with E-state index in [1.165, 1.54) is 22.3 Å². The Hall–Kier alpha value is -1.37. The number of likely N-dealkylation sites (tertiary alicyclic amines) is 1. The number of β-amino-alcohol motifs (C(OH)–C–C–N with tert-alkyl or cyclic N) is 1. The van der Waals surface area contributed by atoms with Gasteiger partial charge in [-0.25, -0.2) is 4.79 Å². The molecule has 5 nitrogen and oxygen atoms in total. The summed E-state index contributed by atoms with van der Waals surface area (Å²) in [6.45, 7) is 0.0470. The molecule has 102 valence electrons. The summed E-state index contributed by atoms with van der Waals surface area (Å²) < 4.78 is 0.618. The molecule has 0 saturated carbocycles. The lowest BCUT2D eigenvalue weighted by molar-refractivity contribution is -0.146. The molecule has 2 rings (SSSR count). The molecule has 0 spiro atoms. The molecule has 2 heterocycles. The molecule has 2 N–H and O–H groups in total. The van der Waals surface area contributed by atoms with Crippen molar-refractivity contribution in [1.29, 1.82) is 0 Å². The van der Waals surface area contributed by atoms with E-state index in [0.29, 0.717) is 4.34 Å². The number of amides is 1. The van der Waals surface area contributed by atoms with Gasteiger partial charge in [0, 0.05) is 23.9 Å². The first-order valence-electron chi connectivity index (χ1n) is 5.62. The summed E-state index contributed by atoms with van der Waals surface area (Å²) in [5.41, 5.74) is 0. The SMILES string of the molecule is O=C(O)[C@@H]1CC(O)CN1C(=O)/C=C/c1ccc(Cl)s1. The molecule has 7 heteroatoms. The first-order chi connectivity index (χ1) is 8.97. The Morgan fingerprint density at radius 3 is 2.79 bits per heavy atom. The minimum absolute atomic E-state index is 0.0470. The number of rotatable bonds is 3. The normalized spacial score (nSPS) is 23.2. The third-order valence-electron chi connectivity index (χ3n) is 2.83. The number of carbonyl (C=O) groups is 2. The number of aliphatic carboxylic acids is 1. The van der Waals surface area contributed by atoms with Gasteiger partial charge in [0.15, 0.2) is 0 Å². The number of hydrogen-bond donors (Lipinski definition) is 2. The van der Waals surface area contributed by atoms with E-state index in [0.717, 1.165) is 4.88 Å². The van der Waals surface area contributed by atoms with Gasteiger partial charge in [-0.15, -0.1) is 11.3 Å². The first-order valence-corrected chi connectivity index (χ1v) is 6.81. The largest absolute Gasteiger partial charge is 0.480 e. The monoisotopic (exact) mass is 301 g/mol. The Morgan fingerprint density at radius 1 is 1.47 bits per heavy atom. The van der Waals surface area contributed by atoms with E-state index < -0.39 is 24.0 Å². The van der Waals surface area contributed by atoms with Crippen molar-refractivity contribution in [2.75, 3.05) is 6.54 Å².